The minimum absolute atomic E-state index is 0.250. The molecule has 19 heavy (non-hydrogen) atoms. The second-order valence-corrected chi connectivity index (χ2v) is 4.28. The van der Waals surface area contributed by atoms with Crippen molar-refractivity contribution in [1.29, 1.82) is 0 Å². The van der Waals surface area contributed by atoms with Crippen LogP contribution in [0, 0.1) is 0 Å². The van der Waals surface area contributed by atoms with Crippen molar-refractivity contribution in [2.75, 3.05) is 7.11 Å². The van der Waals surface area contributed by atoms with Crippen molar-refractivity contribution in [3.63, 3.8) is 0 Å². The SMILES string of the molecule is COC(=O)C(O)C/C=C/c1ccc2ccccc2c1. The van der Waals surface area contributed by atoms with E-state index in [4.69, 9.17) is 0 Å². The molecule has 1 unspecified atom stereocenters. The number of carbonyl (C=O) groups is 1. The van der Waals surface area contributed by atoms with Crippen LogP contribution in [-0.4, -0.2) is 24.3 Å². The van der Waals surface area contributed by atoms with Gasteiger partial charge in [0, 0.05) is 6.42 Å². The summed E-state index contributed by atoms with van der Waals surface area (Å²) in [6, 6.07) is 14.2. The van der Waals surface area contributed by atoms with Crippen LogP contribution in [0.4, 0.5) is 0 Å². The summed E-state index contributed by atoms with van der Waals surface area (Å²) in [5.41, 5.74) is 1.04. The average molecular weight is 256 g/mol. The van der Waals surface area contributed by atoms with Gasteiger partial charge in [-0.2, -0.15) is 0 Å². The van der Waals surface area contributed by atoms with Crippen LogP contribution in [-0.2, 0) is 9.53 Å². The number of carbonyl (C=O) groups excluding carboxylic acids is 1. The number of fused-ring (bicyclic) bond motifs is 1. The van der Waals surface area contributed by atoms with Gasteiger partial charge in [-0.25, -0.2) is 4.79 Å². The van der Waals surface area contributed by atoms with Gasteiger partial charge in [-0.05, 0) is 22.4 Å². The highest BCUT2D eigenvalue weighted by Gasteiger charge is 2.12. The second kappa shape index (κ2) is 6.16. The minimum atomic E-state index is -1.10. The molecule has 0 saturated carbocycles. The summed E-state index contributed by atoms with van der Waals surface area (Å²) in [5.74, 6) is -0.608. The summed E-state index contributed by atoms with van der Waals surface area (Å²) in [6.45, 7) is 0. The van der Waals surface area contributed by atoms with Crippen LogP contribution in [0.2, 0.25) is 0 Å². The minimum Gasteiger partial charge on any atom is -0.467 e. The number of hydrogen-bond acceptors (Lipinski definition) is 3. The molecular formula is C16H16O3. The van der Waals surface area contributed by atoms with Gasteiger partial charge < -0.3 is 9.84 Å². The zero-order chi connectivity index (χ0) is 13.7. The highest BCUT2D eigenvalue weighted by atomic mass is 16.5. The maximum atomic E-state index is 11.0. The number of ether oxygens (including phenoxy) is 1. The van der Waals surface area contributed by atoms with Gasteiger partial charge in [0.1, 0.15) is 0 Å². The predicted octanol–water partition coefficient (Wildman–Crippen LogP) is 2.78. The number of aliphatic hydroxyl groups excluding tert-OH is 1. The lowest BCUT2D eigenvalue weighted by molar-refractivity contribution is -0.150. The number of esters is 1. The van der Waals surface area contributed by atoms with E-state index in [1.165, 1.54) is 12.5 Å². The fraction of sp³-hybridized carbons (Fsp3) is 0.188. The molecule has 3 nitrogen and oxygen atoms in total. The lowest BCUT2D eigenvalue weighted by Crippen LogP contribution is -2.20. The third kappa shape index (κ3) is 3.42. The molecule has 0 aliphatic rings. The topological polar surface area (TPSA) is 46.5 Å². The normalized spacial score (nSPS) is 12.7. The highest BCUT2D eigenvalue weighted by molar-refractivity contribution is 5.84. The molecule has 3 heteroatoms. The number of aliphatic hydroxyl groups is 1. The molecule has 0 amide bonds. The zero-order valence-electron chi connectivity index (χ0n) is 10.7. The Bertz CT molecular complexity index is 602. The summed E-state index contributed by atoms with van der Waals surface area (Å²) < 4.78 is 4.45. The number of hydrogen-bond donors (Lipinski definition) is 1. The van der Waals surface area contributed by atoms with E-state index in [-0.39, 0.29) is 6.42 Å². The third-order valence-electron chi connectivity index (χ3n) is 2.92. The van der Waals surface area contributed by atoms with E-state index >= 15 is 0 Å². The summed E-state index contributed by atoms with van der Waals surface area (Å²) in [6.07, 6.45) is 2.81. The Kier molecular flexibility index (Phi) is 4.31. The Balaban J connectivity index is 2.07. The van der Waals surface area contributed by atoms with Crippen molar-refractivity contribution in [2.45, 2.75) is 12.5 Å². The quantitative estimate of drug-likeness (QED) is 0.856. The van der Waals surface area contributed by atoms with Crippen molar-refractivity contribution in [3.05, 3.63) is 54.1 Å². The van der Waals surface area contributed by atoms with E-state index in [1.807, 2.05) is 30.3 Å². The molecule has 0 aliphatic carbocycles. The van der Waals surface area contributed by atoms with Gasteiger partial charge in [0.25, 0.3) is 0 Å². The number of methoxy groups -OCH3 is 1. The van der Waals surface area contributed by atoms with Crippen LogP contribution in [0.25, 0.3) is 16.8 Å². The van der Waals surface area contributed by atoms with E-state index < -0.39 is 12.1 Å². The zero-order valence-corrected chi connectivity index (χ0v) is 10.7. The molecule has 2 aromatic rings. The molecule has 0 heterocycles. The Hall–Kier alpha value is -2.13. The van der Waals surface area contributed by atoms with Crippen molar-refractivity contribution in [2.24, 2.45) is 0 Å². The highest BCUT2D eigenvalue weighted by Crippen LogP contribution is 2.16. The summed E-state index contributed by atoms with van der Waals surface area (Å²) >= 11 is 0. The third-order valence-corrected chi connectivity index (χ3v) is 2.92. The van der Waals surface area contributed by atoms with Gasteiger partial charge in [-0.15, -0.1) is 0 Å². The smallest absolute Gasteiger partial charge is 0.335 e. The first kappa shape index (κ1) is 13.3. The van der Waals surface area contributed by atoms with E-state index in [9.17, 15) is 9.90 Å². The maximum Gasteiger partial charge on any atom is 0.335 e. The maximum absolute atomic E-state index is 11.0. The van der Waals surface area contributed by atoms with Crippen LogP contribution in [0.3, 0.4) is 0 Å². The van der Waals surface area contributed by atoms with E-state index in [0.29, 0.717) is 0 Å². The standard InChI is InChI=1S/C16H16O3/c1-19-16(18)15(17)8-4-5-12-9-10-13-6-2-3-7-14(13)11-12/h2-7,9-11,15,17H,8H2,1H3/b5-4+. The molecule has 2 rings (SSSR count). The number of rotatable bonds is 4. The van der Waals surface area contributed by atoms with E-state index in [0.717, 1.165) is 10.9 Å². The van der Waals surface area contributed by atoms with Gasteiger partial charge in [0.05, 0.1) is 7.11 Å². The van der Waals surface area contributed by atoms with Crippen molar-refractivity contribution < 1.29 is 14.6 Å². The van der Waals surface area contributed by atoms with Crippen LogP contribution < -0.4 is 0 Å². The molecule has 2 aromatic carbocycles. The lowest BCUT2D eigenvalue weighted by Gasteiger charge is -2.04. The Morgan fingerprint density at radius 1 is 1.26 bits per heavy atom. The molecular weight excluding hydrogens is 240 g/mol. The molecule has 0 saturated heterocycles. The monoisotopic (exact) mass is 256 g/mol. The molecule has 0 spiro atoms. The largest absolute Gasteiger partial charge is 0.467 e. The number of benzene rings is 2. The van der Waals surface area contributed by atoms with Crippen LogP contribution >= 0.6 is 0 Å². The molecule has 0 bridgehead atoms. The first-order chi connectivity index (χ1) is 9.20. The summed E-state index contributed by atoms with van der Waals surface area (Å²) in [5, 5.41) is 11.8. The fourth-order valence-electron chi connectivity index (χ4n) is 1.88. The van der Waals surface area contributed by atoms with Gasteiger partial charge >= 0.3 is 5.97 Å². The summed E-state index contributed by atoms with van der Waals surface area (Å²) in [4.78, 5) is 11.0. The van der Waals surface area contributed by atoms with Gasteiger partial charge in [0.2, 0.25) is 0 Å². The van der Waals surface area contributed by atoms with Crippen molar-refractivity contribution in [3.8, 4) is 0 Å². The Labute approximate surface area is 112 Å². The van der Waals surface area contributed by atoms with Gasteiger partial charge in [-0.1, -0.05) is 48.6 Å². The van der Waals surface area contributed by atoms with E-state index in [1.54, 1.807) is 6.08 Å². The molecule has 1 N–H and O–H groups in total. The van der Waals surface area contributed by atoms with Crippen molar-refractivity contribution in [1.82, 2.24) is 0 Å². The first-order valence-corrected chi connectivity index (χ1v) is 6.12. The first-order valence-electron chi connectivity index (χ1n) is 6.12. The van der Waals surface area contributed by atoms with Gasteiger partial charge in [-0.3, -0.25) is 0 Å². The van der Waals surface area contributed by atoms with Crippen LogP contribution in [0.5, 0.6) is 0 Å². The second-order valence-electron chi connectivity index (χ2n) is 4.28. The average Bonchev–Trinajstić information content (AvgIpc) is 2.46. The van der Waals surface area contributed by atoms with Crippen LogP contribution in [0.1, 0.15) is 12.0 Å². The van der Waals surface area contributed by atoms with Crippen LogP contribution in [0.15, 0.2) is 48.5 Å². The van der Waals surface area contributed by atoms with E-state index in [2.05, 4.69) is 22.9 Å². The molecule has 98 valence electrons. The predicted molar refractivity (Wildman–Crippen MR) is 75.6 cm³/mol. The molecule has 0 radical (unpaired) electrons. The van der Waals surface area contributed by atoms with Gasteiger partial charge in [0.15, 0.2) is 6.10 Å². The molecule has 0 fully saturated rings. The van der Waals surface area contributed by atoms with Crippen molar-refractivity contribution >= 4 is 22.8 Å². The Morgan fingerprint density at radius 2 is 2.00 bits per heavy atom. The molecule has 0 aliphatic heterocycles. The molecule has 0 aromatic heterocycles. The lowest BCUT2D eigenvalue weighted by atomic mass is 10.1. The molecule has 1 atom stereocenters. The Morgan fingerprint density at radius 3 is 2.74 bits per heavy atom. The fourth-order valence-corrected chi connectivity index (χ4v) is 1.88. The summed E-state index contributed by atoms with van der Waals surface area (Å²) in [7, 11) is 1.26.